The fraction of sp³-hybridized carbons (Fsp3) is 0.320. The summed E-state index contributed by atoms with van der Waals surface area (Å²) in [7, 11) is 0. The van der Waals surface area contributed by atoms with Crippen molar-refractivity contribution in [2.75, 3.05) is 13.2 Å². The molecule has 10 heteroatoms. The molecule has 0 fully saturated rings. The summed E-state index contributed by atoms with van der Waals surface area (Å²) in [4.78, 5) is 36.0. The minimum Gasteiger partial charge on any atom is -0.481 e. The highest BCUT2D eigenvalue weighted by molar-refractivity contribution is 6.30. The highest BCUT2D eigenvalue weighted by atomic mass is 35.5. The number of ether oxygens (including phenoxy) is 1. The van der Waals surface area contributed by atoms with Crippen molar-refractivity contribution in [3.63, 3.8) is 0 Å². The molecule has 0 aliphatic rings. The molecule has 2 atom stereocenters. The van der Waals surface area contributed by atoms with Crippen LogP contribution in [0.5, 0.6) is 0 Å². The number of carbonyl (C=O) groups is 2. The van der Waals surface area contributed by atoms with E-state index in [0.717, 1.165) is 11.6 Å². The number of halogens is 2. The van der Waals surface area contributed by atoms with E-state index in [2.05, 4.69) is 10.5 Å². The summed E-state index contributed by atoms with van der Waals surface area (Å²) >= 11 is 6.00. The first-order valence-corrected chi connectivity index (χ1v) is 11.3. The Hall–Kier alpha value is -3.43. The van der Waals surface area contributed by atoms with Crippen LogP contribution >= 0.6 is 11.6 Å². The molecular formula is C25H26ClFN2O6. The van der Waals surface area contributed by atoms with E-state index in [9.17, 15) is 23.9 Å². The number of aliphatic carboxylic acids is 1. The van der Waals surface area contributed by atoms with Crippen molar-refractivity contribution in [3.05, 3.63) is 81.0 Å². The van der Waals surface area contributed by atoms with Gasteiger partial charge in [-0.2, -0.15) is 5.16 Å². The molecule has 3 rings (SSSR count). The maximum absolute atomic E-state index is 14.2. The first kappa shape index (κ1) is 26.2. The zero-order chi connectivity index (χ0) is 25.6. The Balaban J connectivity index is 1.85. The summed E-state index contributed by atoms with van der Waals surface area (Å²) in [6, 6.07) is 11.7. The van der Waals surface area contributed by atoms with Crippen LogP contribution in [0.3, 0.4) is 0 Å². The van der Waals surface area contributed by atoms with E-state index in [0.29, 0.717) is 22.8 Å². The van der Waals surface area contributed by atoms with E-state index in [1.165, 1.54) is 18.2 Å². The van der Waals surface area contributed by atoms with Gasteiger partial charge in [-0.1, -0.05) is 35.9 Å². The summed E-state index contributed by atoms with van der Waals surface area (Å²) in [6.45, 7) is 3.61. The van der Waals surface area contributed by atoms with Crippen molar-refractivity contribution in [3.8, 4) is 11.1 Å². The number of benzene rings is 2. The number of hydrogen-bond acceptors (Lipinski definition) is 5. The first-order valence-electron chi connectivity index (χ1n) is 11.0. The fourth-order valence-electron chi connectivity index (χ4n) is 3.73. The normalized spacial score (nSPS) is 13.7. The Morgan fingerprint density at radius 1 is 1.23 bits per heavy atom. The molecule has 0 aliphatic heterocycles. The van der Waals surface area contributed by atoms with Crippen LogP contribution < -0.4 is 10.9 Å². The maximum atomic E-state index is 14.2. The Morgan fingerprint density at radius 2 is 1.94 bits per heavy atom. The van der Waals surface area contributed by atoms with Gasteiger partial charge in [0, 0.05) is 23.2 Å². The molecule has 186 valence electrons. The Bertz CT molecular complexity index is 1240. The van der Waals surface area contributed by atoms with Crippen molar-refractivity contribution in [1.82, 2.24) is 10.5 Å². The molecule has 1 aromatic heterocycles. The molecule has 0 saturated carbocycles. The molecule has 1 unspecified atom stereocenters. The SMILES string of the molecule is CCOCC(C)(C[C@@H](Cc1ccc(-c2cc(Cl)ccc2F)cc1)NC(=O)c1cc(=O)[nH]o1)C(=O)O. The van der Waals surface area contributed by atoms with E-state index >= 15 is 0 Å². The van der Waals surface area contributed by atoms with Gasteiger partial charge in [-0.3, -0.25) is 14.4 Å². The Kier molecular flexibility index (Phi) is 8.48. The monoisotopic (exact) mass is 504 g/mol. The number of rotatable bonds is 11. The van der Waals surface area contributed by atoms with E-state index in [1.807, 2.05) is 0 Å². The lowest BCUT2D eigenvalue weighted by Gasteiger charge is -2.30. The number of aromatic nitrogens is 1. The third-order valence-electron chi connectivity index (χ3n) is 5.60. The third kappa shape index (κ3) is 6.80. The van der Waals surface area contributed by atoms with E-state index in [4.69, 9.17) is 20.9 Å². The summed E-state index contributed by atoms with van der Waals surface area (Å²) < 4.78 is 24.5. The predicted octanol–water partition coefficient (Wildman–Crippen LogP) is 4.29. The topological polar surface area (TPSA) is 122 Å². The van der Waals surface area contributed by atoms with Crippen molar-refractivity contribution >= 4 is 23.5 Å². The Labute approximate surface area is 206 Å². The highest BCUT2D eigenvalue weighted by Crippen LogP contribution is 2.29. The van der Waals surface area contributed by atoms with Crippen molar-refractivity contribution in [2.45, 2.75) is 32.7 Å². The van der Waals surface area contributed by atoms with E-state index in [1.54, 1.807) is 38.1 Å². The molecule has 0 radical (unpaired) electrons. The van der Waals surface area contributed by atoms with E-state index in [-0.39, 0.29) is 25.2 Å². The average Bonchev–Trinajstić information content (AvgIpc) is 3.26. The molecule has 1 amide bonds. The van der Waals surface area contributed by atoms with Crippen LogP contribution in [0.15, 0.2) is 57.8 Å². The van der Waals surface area contributed by atoms with Crippen LogP contribution in [-0.2, 0) is 16.0 Å². The van der Waals surface area contributed by atoms with Gasteiger partial charge in [0.1, 0.15) is 5.82 Å². The number of hydrogen-bond donors (Lipinski definition) is 3. The number of carboxylic acid groups (broad SMARTS) is 1. The first-order chi connectivity index (χ1) is 16.6. The van der Waals surface area contributed by atoms with Gasteiger partial charge in [0.2, 0.25) is 5.76 Å². The summed E-state index contributed by atoms with van der Waals surface area (Å²) in [5.41, 5.74) is -0.0957. The van der Waals surface area contributed by atoms with Crippen molar-refractivity contribution in [2.24, 2.45) is 5.41 Å². The van der Waals surface area contributed by atoms with Gasteiger partial charge in [0.25, 0.3) is 11.5 Å². The quantitative estimate of drug-likeness (QED) is 0.358. The molecular weight excluding hydrogens is 479 g/mol. The summed E-state index contributed by atoms with van der Waals surface area (Å²) in [5.74, 6) is -2.35. The van der Waals surface area contributed by atoms with Crippen LogP contribution in [0.1, 0.15) is 36.4 Å². The highest BCUT2D eigenvalue weighted by Gasteiger charge is 2.37. The average molecular weight is 505 g/mol. The van der Waals surface area contributed by atoms with Crippen LogP contribution in [0, 0.1) is 11.2 Å². The number of carbonyl (C=O) groups excluding carboxylic acids is 1. The van der Waals surface area contributed by atoms with Gasteiger partial charge in [0.05, 0.1) is 18.1 Å². The molecule has 3 N–H and O–H groups in total. The van der Waals surface area contributed by atoms with Gasteiger partial charge in [-0.25, -0.2) is 4.39 Å². The minimum atomic E-state index is -1.28. The number of carboxylic acids is 1. The van der Waals surface area contributed by atoms with Gasteiger partial charge in [-0.05, 0) is 56.0 Å². The fourth-order valence-corrected chi connectivity index (χ4v) is 3.90. The lowest BCUT2D eigenvalue weighted by molar-refractivity contribution is -0.152. The molecule has 0 aliphatic carbocycles. The second-order valence-corrected chi connectivity index (χ2v) is 8.92. The maximum Gasteiger partial charge on any atom is 0.311 e. The van der Waals surface area contributed by atoms with Crippen LogP contribution in [0.2, 0.25) is 5.02 Å². The predicted molar refractivity (Wildman–Crippen MR) is 128 cm³/mol. The van der Waals surface area contributed by atoms with Gasteiger partial charge in [-0.15, -0.1) is 0 Å². The number of nitrogens with one attached hydrogen (secondary N) is 2. The largest absolute Gasteiger partial charge is 0.481 e. The lowest BCUT2D eigenvalue weighted by Crippen LogP contribution is -2.44. The van der Waals surface area contributed by atoms with Gasteiger partial charge in [0.15, 0.2) is 0 Å². The molecule has 2 aromatic carbocycles. The van der Waals surface area contributed by atoms with Crippen LogP contribution in [0.4, 0.5) is 4.39 Å². The Morgan fingerprint density at radius 3 is 2.54 bits per heavy atom. The summed E-state index contributed by atoms with van der Waals surface area (Å²) in [5, 5.41) is 15.1. The lowest BCUT2D eigenvalue weighted by atomic mass is 9.82. The third-order valence-corrected chi connectivity index (χ3v) is 5.83. The number of H-pyrrole nitrogens is 1. The smallest absolute Gasteiger partial charge is 0.311 e. The molecule has 3 aromatic rings. The zero-order valence-electron chi connectivity index (χ0n) is 19.3. The van der Waals surface area contributed by atoms with Gasteiger partial charge < -0.3 is 19.7 Å². The standard InChI is InChI=1S/C25H26ClFN2O6/c1-3-34-14-25(2,24(32)33)13-18(28-23(31)21-12-22(30)29-35-21)10-15-4-6-16(7-5-15)19-11-17(26)8-9-20(19)27/h4-9,11-12,18H,3,10,13-14H2,1-2H3,(H,28,31)(H,29,30)(H,32,33)/t18-,25?/m1/s1. The number of aromatic amines is 1. The zero-order valence-corrected chi connectivity index (χ0v) is 20.0. The summed E-state index contributed by atoms with van der Waals surface area (Å²) in [6.07, 6.45) is 0.321. The van der Waals surface area contributed by atoms with Crippen molar-refractivity contribution in [1.29, 1.82) is 0 Å². The number of amides is 1. The molecule has 0 saturated heterocycles. The molecule has 35 heavy (non-hydrogen) atoms. The molecule has 0 bridgehead atoms. The van der Waals surface area contributed by atoms with Gasteiger partial charge >= 0.3 is 5.97 Å². The molecule has 8 nitrogen and oxygen atoms in total. The molecule has 0 spiro atoms. The molecule has 1 heterocycles. The van der Waals surface area contributed by atoms with Crippen molar-refractivity contribution < 1.29 is 28.3 Å². The minimum absolute atomic E-state index is 0.0442. The van der Waals surface area contributed by atoms with E-state index < -0.39 is 34.7 Å². The second kappa shape index (κ2) is 11.3. The van der Waals surface area contributed by atoms with Crippen LogP contribution in [-0.4, -0.2) is 41.4 Å². The van der Waals surface area contributed by atoms with Crippen LogP contribution in [0.25, 0.3) is 11.1 Å². The second-order valence-electron chi connectivity index (χ2n) is 8.48.